The Hall–Kier alpha value is -1.13. The van der Waals surface area contributed by atoms with Crippen LogP contribution in [0.1, 0.15) is 6.92 Å². The molecule has 11 N–H and O–H groups in total. The summed E-state index contributed by atoms with van der Waals surface area (Å²) in [5.41, 5.74) is 0. The van der Waals surface area contributed by atoms with Gasteiger partial charge in [-0.2, -0.15) is 0 Å². The van der Waals surface area contributed by atoms with Crippen molar-refractivity contribution in [3.63, 3.8) is 0 Å². The molecular formula is C20H35NO16. The molecular weight excluding hydrogens is 510 g/mol. The molecule has 3 aliphatic heterocycles. The van der Waals surface area contributed by atoms with E-state index in [1.807, 2.05) is 0 Å². The third-order valence-corrected chi connectivity index (χ3v) is 6.48. The highest BCUT2D eigenvalue weighted by atomic mass is 16.7. The van der Waals surface area contributed by atoms with Crippen molar-refractivity contribution in [3.05, 3.63) is 0 Å². The van der Waals surface area contributed by atoms with E-state index in [0.29, 0.717) is 0 Å². The Bertz CT molecular complexity index is 745. The Kier molecular flexibility index (Phi) is 10.5. The maximum absolute atomic E-state index is 11.9. The van der Waals surface area contributed by atoms with Crippen LogP contribution in [0.15, 0.2) is 0 Å². The third-order valence-electron chi connectivity index (χ3n) is 6.48. The van der Waals surface area contributed by atoms with Crippen LogP contribution in [-0.4, -0.2) is 169 Å². The summed E-state index contributed by atoms with van der Waals surface area (Å²) in [6, 6.07) is -1.37. The molecule has 3 rings (SSSR count). The summed E-state index contributed by atoms with van der Waals surface area (Å²) in [5, 5.41) is 102. The highest BCUT2D eigenvalue weighted by molar-refractivity contribution is 5.73. The number of hydrogen-bond acceptors (Lipinski definition) is 16. The fraction of sp³-hybridized carbons (Fsp3) is 0.950. The largest absolute Gasteiger partial charge is 0.394 e. The smallest absolute Gasteiger partial charge is 0.217 e. The topological polar surface area (TPSA) is 278 Å². The number of aliphatic hydroxyl groups excluding tert-OH is 10. The highest BCUT2D eigenvalue weighted by Crippen LogP contribution is 2.30. The number of nitrogens with one attached hydrogen (secondary N) is 1. The first-order valence-corrected chi connectivity index (χ1v) is 11.6. The Morgan fingerprint density at radius 1 is 0.703 bits per heavy atom. The van der Waals surface area contributed by atoms with Crippen molar-refractivity contribution in [1.29, 1.82) is 0 Å². The Labute approximate surface area is 210 Å². The zero-order valence-electron chi connectivity index (χ0n) is 19.7. The van der Waals surface area contributed by atoms with E-state index in [4.69, 9.17) is 23.7 Å². The van der Waals surface area contributed by atoms with Crippen molar-refractivity contribution in [2.45, 2.75) is 99.0 Å². The third kappa shape index (κ3) is 6.55. The van der Waals surface area contributed by atoms with Gasteiger partial charge in [-0.15, -0.1) is 0 Å². The first-order valence-electron chi connectivity index (χ1n) is 11.6. The standard InChI is InChI=1S/C20H35NO16/c1-5(24)21-9-17(37-20-16(31)14(29)10(25)6(2-22)36-20)12(27)7(3-23)35-19(9)33-4-8-11(26)13(28)15(30)18(32)34-8/h6-20,22-23,25-32H,2-4H2,1H3,(H,21,24)/t6-,7-,8-,9-,10+,11+,12-,13+,14+,15-,16-,17-,18?,19-,20+/m1/s1. The molecule has 0 aliphatic carbocycles. The molecule has 216 valence electrons. The van der Waals surface area contributed by atoms with E-state index in [1.54, 1.807) is 0 Å². The quantitative estimate of drug-likeness (QED) is 0.135. The molecule has 0 aromatic rings. The number of carbonyl (C=O) groups excluding carboxylic acids is 1. The second-order valence-electron chi connectivity index (χ2n) is 9.11. The van der Waals surface area contributed by atoms with Gasteiger partial charge in [0.1, 0.15) is 73.2 Å². The van der Waals surface area contributed by atoms with Crippen LogP contribution in [0.3, 0.4) is 0 Å². The normalized spacial score (nSPS) is 49.0. The molecule has 3 saturated heterocycles. The summed E-state index contributed by atoms with van der Waals surface area (Å²) in [4.78, 5) is 11.9. The van der Waals surface area contributed by atoms with Gasteiger partial charge in [-0.25, -0.2) is 0 Å². The number of ether oxygens (including phenoxy) is 5. The number of rotatable bonds is 8. The maximum atomic E-state index is 11.9. The minimum absolute atomic E-state index is 0.580. The molecule has 1 amide bonds. The zero-order chi connectivity index (χ0) is 27.6. The van der Waals surface area contributed by atoms with Crippen LogP contribution < -0.4 is 5.32 Å². The lowest BCUT2D eigenvalue weighted by Crippen LogP contribution is -2.68. The lowest BCUT2D eigenvalue weighted by Gasteiger charge is -2.47. The van der Waals surface area contributed by atoms with Crippen LogP contribution in [0.2, 0.25) is 0 Å². The molecule has 0 saturated carbocycles. The van der Waals surface area contributed by atoms with Crippen molar-refractivity contribution < 1.29 is 79.5 Å². The first-order chi connectivity index (χ1) is 17.4. The highest BCUT2D eigenvalue weighted by Gasteiger charge is 2.52. The molecule has 17 heteroatoms. The monoisotopic (exact) mass is 545 g/mol. The number of carbonyl (C=O) groups is 1. The number of hydrogen-bond donors (Lipinski definition) is 11. The molecule has 17 nitrogen and oxygen atoms in total. The lowest BCUT2D eigenvalue weighted by atomic mass is 9.95. The van der Waals surface area contributed by atoms with Gasteiger partial charge in [0.05, 0.1) is 19.8 Å². The molecule has 3 aliphatic rings. The molecule has 0 aromatic carbocycles. The van der Waals surface area contributed by atoms with Gasteiger partial charge in [-0.1, -0.05) is 0 Å². The van der Waals surface area contributed by atoms with Gasteiger partial charge in [0.15, 0.2) is 18.9 Å². The molecule has 0 bridgehead atoms. The summed E-state index contributed by atoms with van der Waals surface area (Å²) in [6.45, 7) is -0.982. The molecule has 0 radical (unpaired) electrons. The van der Waals surface area contributed by atoms with E-state index in [1.165, 1.54) is 0 Å². The van der Waals surface area contributed by atoms with Crippen LogP contribution >= 0.6 is 0 Å². The first kappa shape index (κ1) is 30.4. The van der Waals surface area contributed by atoms with E-state index < -0.39 is 118 Å². The van der Waals surface area contributed by atoms with E-state index in [-0.39, 0.29) is 0 Å². The van der Waals surface area contributed by atoms with Crippen LogP contribution in [0, 0.1) is 0 Å². The Balaban J connectivity index is 1.80. The average molecular weight is 545 g/mol. The van der Waals surface area contributed by atoms with Gasteiger partial charge in [0.2, 0.25) is 5.91 Å². The van der Waals surface area contributed by atoms with Gasteiger partial charge in [0.25, 0.3) is 0 Å². The van der Waals surface area contributed by atoms with Crippen LogP contribution in [0.25, 0.3) is 0 Å². The molecule has 1 unspecified atom stereocenters. The second-order valence-corrected chi connectivity index (χ2v) is 9.11. The summed E-state index contributed by atoms with van der Waals surface area (Å²) >= 11 is 0. The molecule has 3 heterocycles. The fourth-order valence-corrected chi connectivity index (χ4v) is 4.35. The Morgan fingerprint density at radius 2 is 1.24 bits per heavy atom. The SMILES string of the molecule is CC(=O)N[C@H]1[C@H](OC[C@H]2OC(O)[C@H](O)[C@@H](O)[C@H]2O)O[C@H](CO)[C@@H](O)[C@@H]1O[C@@H]1O[C@H](CO)[C@H](O)[C@H](O)[C@H]1O. The summed E-state index contributed by atoms with van der Waals surface area (Å²) < 4.78 is 27.1. The molecule has 3 fully saturated rings. The van der Waals surface area contributed by atoms with Gasteiger partial charge in [-0.05, 0) is 0 Å². The predicted molar refractivity (Wildman–Crippen MR) is 113 cm³/mol. The van der Waals surface area contributed by atoms with Crippen molar-refractivity contribution in [2.75, 3.05) is 19.8 Å². The van der Waals surface area contributed by atoms with Crippen LogP contribution in [0.5, 0.6) is 0 Å². The lowest BCUT2D eigenvalue weighted by molar-refractivity contribution is -0.349. The maximum Gasteiger partial charge on any atom is 0.217 e. The summed E-state index contributed by atoms with van der Waals surface area (Å²) in [7, 11) is 0. The van der Waals surface area contributed by atoms with E-state index in [2.05, 4.69) is 5.32 Å². The van der Waals surface area contributed by atoms with Crippen molar-refractivity contribution >= 4 is 5.91 Å². The van der Waals surface area contributed by atoms with Crippen LogP contribution in [0.4, 0.5) is 0 Å². The van der Waals surface area contributed by atoms with Crippen molar-refractivity contribution in [1.82, 2.24) is 5.32 Å². The average Bonchev–Trinajstić information content (AvgIpc) is 2.86. The summed E-state index contributed by atoms with van der Waals surface area (Å²) in [5.74, 6) is -0.651. The van der Waals surface area contributed by atoms with Gasteiger partial charge in [0, 0.05) is 6.92 Å². The Morgan fingerprint density at radius 3 is 1.84 bits per heavy atom. The van der Waals surface area contributed by atoms with E-state index >= 15 is 0 Å². The molecule has 0 spiro atoms. The predicted octanol–water partition coefficient (Wildman–Crippen LogP) is -7.43. The fourth-order valence-electron chi connectivity index (χ4n) is 4.35. The van der Waals surface area contributed by atoms with E-state index in [9.17, 15) is 55.9 Å². The van der Waals surface area contributed by atoms with Gasteiger partial charge in [-0.3, -0.25) is 4.79 Å². The summed E-state index contributed by atoms with van der Waals surface area (Å²) in [6.07, 6.45) is -22.9. The molecule has 15 atom stereocenters. The number of amides is 1. The molecule has 37 heavy (non-hydrogen) atoms. The van der Waals surface area contributed by atoms with E-state index in [0.717, 1.165) is 6.92 Å². The van der Waals surface area contributed by atoms with Gasteiger partial charge < -0.3 is 80.1 Å². The zero-order valence-corrected chi connectivity index (χ0v) is 19.7. The van der Waals surface area contributed by atoms with Crippen LogP contribution in [-0.2, 0) is 28.5 Å². The van der Waals surface area contributed by atoms with Gasteiger partial charge >= 0.3 is 0 Å². The van der Waals surface area contributed by atoms with Crippen molar-refractivity contribution in [2.24, 2.45) is 0 Å². The minimum Gasteiger partial charge on any atom is -0.394 e. The molecule has 0 aromatic heterocycles. The van der Waals surface area contributed by atoms with Crippen molar-refractivity contribution in [3.8, 4) is 0 Å². The second kappa shape index (κ2) is 12.8. The number of aliphatic hydroxyl groups is 10. The minimum atomic E-state index is -1.85.